The van der Waals surface area contributed by atoms with Crippen molar-refractivity contribution in [3.8, 4) is 27.9 Å². The van der Waals surface area contributed by atoms with Gasteiger partial charge in [0.15, 0.2) is 0 Å². The van der Waals surface area contributed by atoms with Gasteiger partial charge in [0.2, 0.25) is 0 Å². The fourth-order valence-electron chi connectivity index (χ4n) is 8.00. The van der Waals surface area contributed by atoms with Crippen LogP contribution in [0, 0.1) is 0 Å². The van der Waals surface area contributed by atoms with Crippen LogP contribution in [0.1, 0.15) is 12.7 Å². The molecule has 2 heteroatoms. The molecule has 0 spiro atoms. The zero-order chi connectivity index (χ0) is 32.5. The van der Waals surface area contributed by atoms with Crippen LogP contribution in [0.5, 0.6) is 0 Å². The van der Waals surface area contributed by atoms with Crippen LogP contribution in [0.3, 0.4) is 0 Å². The Bertz CT molecular complexity index is 2890. The fourth-order valence-corrected chi connectivity index (χ4v) is 8.00. The maximum absolute atomic E-state index is 4.87. The summed E-state index contributed by atoms with van der Waals surface area (Å²) in [7, 11) is 0. The molecule has 0 aliphatic rings. The Kier molecular flexibility index (Phi) is 6.19. The standard InChI is InChI=1S/C47H32N2/c1-2-45-48-43-15-5-6-16-44(43)49(45)36-26-23-31(24-27-36)30-17-19-32(20-18-30)35-25-28-39-41-14-8-10-34-22-21-33-9-7-13-40(46(33)47(34)41)37-11-3-4-12-38(37)42(39)29-35/h3-29H,2H2,1H3. The third kappa shape index (κ3) is 4.31. The van der Waals surface area contributed by atoms with Crippen LogP contribution in [0.2, 0.25) is 0 Å². The van der Waals surface area contributed by atoms with Gasteiger partial charge < -0.3 is 0 Å². The maximum atomic E-state index is 4.87. The number of aromatic nitrogens is 2. The highest BCUT2D eigenvalue weighted by Gasteiger charge is 2.14. The normalized spacial score (nSPS) is 11.9. The largest absolute Gasteiger partial charge is 0.296 e. The van der Waals surface area contributed by atoms with Crippen LogP contribution in [0.4, 0.5) is 0 Å². The van der Waals surface area contributed by atoms with Crippen molar-refractivity contribution in [3.63, 3.8) is 0 Å². The second-order valence-corrected chi connectivity index (χ2v) is 13.0. The van der Waals surface area contributed by atoms with E-state index in [2.05, 4.69) is 175 Å². The molecule has 1 heterocycles. The van der Waals surface area contributed by atoms with E-state index in [-0.39, 0.29) is 0 Å². The lowest BCUT2D eigenvalue weighted by Crippen LogP contribution is -1.99. The van der Waals surface area contributed by atoms with E-state index < -0.39 is 0 Å². The molecule has 0 amide bonds. The number of aryl methyl sites for hydroxylation is 1. The molecular formula is C47H32N2. The minimum absolute atomic E-state index is 0.880. The smallest absolute Gasteiger partial charge is 0.114 e. The number of nitrogens with zero attached hydrogens (tertiary/aromatic N) is 2. The van der Waals surface area contributed by atoms with E-state index >= 15 is 0 Å². The highest BCUT2D eigenvalue weighted by Crippen LogP contribution is 2.41. The van der Waals surface area contributed by atoms with Crippen LogP contribution >= 0.6 is 0 Å². The predicted octanol–water partition coefficient (Wildman–Crippen LogP) is 12.7. The van der Waals surface area contributed by atoms with Gasteiger partial charge >= 0.3 is 0 Å². The van der Waals surface area contributed by atoms with E-state index in [1.54, 1.807) is 0 Å². The Labute approximate surface area is 284 Å². The summed E-state index contributed by atoms with van der Waals surface area (Å²) in [5.74, 6) is 1.08. The Morgan fingerprint density at radius 3 is 1.59 bits per heavy atom. The summed E-state index contributed by atoms with van der Waals surface area (Å²) in [6.07, 6.45) is 0.880. The summed E-state index contributed by atoms with van der Waals surface area (Å²) < 4.78 is 2.28. The maximum Gasteiger partial charge on any atom is 0.114 e. The first-order chi connectivity index (χ1) is 24.2. The van der Waals surface area contributed by atoms with E-state index in [1.165, 1.54) is 76.1 Å². The van der Waals surface area contributed by atoms with Crippen LogP contribution in [0.25, 0.3) is 92.8 Å². The number of rotatable bonds is 4. The summed E-state index contributed by atoms with van der Waals surface area (Å²) in [5, 5.41) is 12.9. The van der Waals surface area contributed by atoms with E-state index in [0.29, 0.717) is 0 Å². The lowest BCUT2D eigenvalue weighted by molar-refractivity contribution is 0.908. The van der Waals surface area contributed by atoms with Gasteiger partial charge in [-0.3, -0.25) is 4.57 Å². The lowest BCUT2D eigenvalue weighted by Gasteiger charge is -2.14. The Hall–Kier alpha value is -6.25. The van der Waals surface area contributed by atoms with Gasteiger partial charge in [0, 0.05) is 12.1 Å². The molecule has 0 aliphatic heterocycles. The lowest BCUT2D eigenvalue weighted by atomic mass is 9.89. The molecule has 0 saturated heterocycles. The van der Waals surface area contributed by atoms with Crippen molar-refractivity contribution in [2.24, 2.45) is 0 Å². The number of hydrogen-bond acceptors (Lipinski definition) is 1. The van der Waals surface area contributed by atoms with Crippen molar-refractivity contribution in [2.45, 2.75) is 13.3 Å². The zero-order valence-electron chi connectivity index (χ0n) is 27.2. The number of fused-ring (bicyclic) bond motifs is 6. The average Bonchev–Trinajstić information content (AvgIpc) is 3.55. The molecule has 10 rings (SSSR count). The van der Waals surface area contributed by atoms with Gasteiger partial charge in [0.1, 0.15) is 5.82 Å². The molecule has 0 radical (unpaired) electrons. The molecule has 0 unspecified atom stereocenters. The SMILES string of the molecule is CCc1nc2ccccc2n1-c1ccc(-c2ccc(-c3ccc4c(c3)c3ccccc3c3cccc5ccc6cccc4c6c53)cc2)cc1. The Balaban J connectivity index is 1.10. The van der Waals surface area contributed by atoms with Crippen molar-refractivity contribution >= 4 is 64.9 Å². The van der Waals surface area contributed by atoms with E-state index in [0.717, 1.165) is 29.0 Å². The van der Waals surface area contributed by atoms with Crippen molar-refractivity contribution < 1.29 is 0 Å². The molecule has 9 aromatic carbocycles. The van der Waals surface area contributed by atoms with Crippen LogP contribution in [-0.4, -0.2) is 9.55 Å². The number of benzene rings is 8. The Morgan fingerprint density at radius 2 is 0.939 bits per heavy atom. The molecule has 0 saturated carbocycles. The molecule has 1 aromatic heterocycles. The molecule has 230 valence electrons. The van der Waals surface area contributed by atoms with Crippen LogP contribution in [-0.2, 0) is 6.42 Å². The van der Waals surface area contributed by atoms with Gasteiger partial charge in [-0.1, -0.05) is 140 Å². The van der Waals surface area contributed by atoms with Crippen molar-refractivity contribution in [1.29, 1.82) is 0 Å². The van der Waals surface area contributed by atoms with Crippen LogP contribution in [0.15, 0.2) is 164 Å². The number of imidazole rings is 1. The third-order valence-electron chi connectivity index (χ3n) is 10.3. The quantitative estimate of drug-likeness (QED) is 0.178. The molecular weight excluding hydrogens is 593 g/mol. The molecule has 0 atom stereocenters. The average molecular weight is 625 g/mol. The van der Waals surface area contributed by atoms with Crippen molar-refractivity contribution in [2.75, 3.05) is 0 Å². The zero-order valence-corrected chi connectivity index (χ0v) is 27.2. The first kappa shape index (κ1) is 27.8. The van der Waals surface area contributed by atoms with Gasteiger partial charge in [-0.2, -0.15) is 0 Å². The van der Waals surface area contributed by atoms with Gasteiger partial charge in [0.05, 0.1) is 11.0 Å². The van der Waals surface area contributed by atoms with E-state index in [9.17, 15) is 0 Å². The van der Waals surface area contributed by atoms with Crippen LogP contribution < -0.4 is 0 Å². The first-order valence-electron chi connectivity index (χ1n) is 17.1. The molecule has 0 fully saturated rings. The van der Waals surface area contributed by atoms with E-state index in [4.69, 9.17) is 4.98 Å². The van der Waals surface area contributed by atoms with Gasteiger partial charge in [-0.05, 0) is 106 Å². The highest BCUT2D eigenvalue weighted by atomic mass is 15.1. The summed E-state index contributed by atoms with van der Waals surface area (Å²) in [5.41, 5.74) is 8.15. The summed E-state index contributed by atoms with van der Waals surface area (Å²) in [4.78, 5) is 4.87. The fraction of sp³-hybridized carbons (Fsp3) is 0.0426. The summed E-state index contributed by atoms with van der Waals surface area (Å²) in [6.45, 7) is 2.16. The Morgan fingerprint density at radius 1 is 0.429 bits per heavy atom. The first-order valence-corrected chi connectivity index (χ1v) is 17.1. The molecule has 49 heavy (non-hydrogen) atoms. The summed E-state index contributed by atoms with van der Waals surface area (Å²) >= 11 is 0. The van der Waals surface area contributed by atoms with Gasteiger partial charge in [0.25, 0.3) is 0 Å². The molecule has 10 aromatic rings. The number of hydrogen-bond donors (Lipinski definition) is 0. The monoisotopic (exact) mass is 624 g/mol. The van der Waals surface area contributed by atoms with Crippen molar-refractivity contribution in [1.82, 2.24) is 9.55 Å². The minimum Gasteiger partial charge on any atom is -0.296 e. The van der Waals surface area contributed by atoms with Crippen molar-refractivity contribution in [3.05, 3.63) is 170 Å². The molecule has 0 aliphatic carbocycles. The summed E-state index contributed by atoms with van der Waals surface area (Å²) in [6, 6.07) is 60.2. The van der Waals surface area contributed by atoms with Gasteiger partial charge in [-0.25, -0.2) is 4.98 Å². The van der Waals surface area contributed by atoms with Gasteiger partial charge in [-0.15, -0.1) is 0 Å². The predicted molar refractivity (Wildman–Crippen MR) is 209 cm³/mol. The minimum atomic E-state index is 0.880. The molecule has 2 nitrogen and oxygen atoms in total. The molecule has 0 N–H and O–H groups in total. The highest BCUT2D eigenvalue weighted by molar-refractivity contribution is 6.32. The second-order valence-electron chi connectivity index (χ2n) is 13.0. The number of para-hydroxylation sites is 2. The van der Waals surface area contributed by atoms with E-state index in [1.807, 2.05) is 0 Å². The second kappa shape index (κ2) is 10.9. The topological polar surface area (TPSA) is 17.8 Å². The third-order valence-corrected chi connectivity index (χ3v) is 10.3. The molecule has 0 bridgehead atoms.